The van der Waals surface area contributed by atoms with Crippen LogP contribution in [0.25, 0.3) is 0 Å². The van der Waals surface area contributed by atoms with E-state index in [2.05, 4.69) is 35.1 Å². The minimum Gasteiger partial charge on any atom is -0.314 e. The summed E-state index contributed by atoms with van der Waals surface area (Å²) in [5.41, 5.74) is 2.70. The Balaban J connectivity index is 2.02. The maximum Gasteiger partial charge on any atom is 0.0348 e. The molecule has 15 heavy (non-hydrogen) atoms. The van der Waals surface area contributed by atoms with Gasteiger partial charge in [-0.05, 0) is 30.7 Å². The second-order valence-corrected chi connectivity index (χ2v) is 4.18. The number of pyridine rings is 1. The van der Waals surface area contributed by atoms with Gasteiger partial charge in [-0.15, -0.1) is 0 Å². The molecule has 0 aromatic carbocycles. The van der Waals surface area contributed by atoms with Crippen LogP contribution in [0.2, 0.25) is 0 Å². The molecule has 2 heterocycles. The number of hydrogen-bond donors (Lipinski definition) is 1. The third-order valence-corrected chi connectivity index (χ3v) is 3.20. The standard InChI is InChI=1S/C12H19N3/c1-3-15(12-7-14-8-12)9-11-6-13-5-4-10(11)2/h4-6,12,14H,3,7-9H2,1-2H3. The Morgan fingerprint density at radius 3 is 2.87 bits per heavy atom. The van der Waals surface area contributed by atoms with Crippen LogP contribution in [0.15, 0.2) is 18.5 Å². The Kier molecular flexibility index (Phi) is 3.34. The molecule has 0 bridgehead atoms. The summed E-state index contributed by atoms with van der Waals surface area (Å²) in [7, 11) is 0. The lowest BCUT2D eigenvalue weighted by atomic mass is 10.1. The molecule has 1 saturated heterocycles. The van der Waals surface area contributed by atoms with Gasteiger partial charge in [-0.25, -0.2) is 0 Å². The van der Waals surface area contributed by atoms with Crippen LogP contribution in [-0.4, -0.2) is 35.6 Å². The molecule has 1 N–H and O–H groups in total. The fourth-order valence-electron chi connectivity index (χ4n) is 1.91. The maximum absolute atomic E-state index is 4.19. The van der Waals surface area contributed by atoms with Crippen molar-refractivity contribution in [3.8, 4) is 0 Å². The molecule has 1 aromatic rings. The van der Waals surface area contributed by atoms with E-state index in [0.717, 1.165) is 32.2 Å². The van der Waals surface area contributed by atoms with Gasteiger partial charge in [0.2, 0.25) is 0 Å². The Morgan fingerprint density at radius 2 is 2.33 bits per heavy atom. The molecule has 0 atom stereocenters. The Hall–Kier alpha value is -0.930. The number of likely N-dealkylation sites (N-methyl/N-ethyl adjacent to an activating group) is 1. The third-order valence-electron chi connectivity index (χ3n) is 3.20. The van der Waals surface area contributed by atoms with E-state index in [-0.39, 0.29) is 0 Å². The van der Waals surface area contributed by atoms with E-state index in [1.165, 1.54) is 11.1 Å². The highest BCUT2D eigenvalue weighted by Crippen LogP contribution is 2.13. The highest BCUT2D eigenvalue weighted by Gasteiger charge is 2.23. The molecule has 82 valence electrons. The predicted octanol–water partition coefficient (Wildman–Crippen LogP) is 1.18. The number of nitrogens with zero attached hydrogens (tertiary/aromatic N) is 2. The van der Waals surface area contributed by atoms with Gasteiger partial charge in [0.25, 0.3) is 0 Å². The lowest BCUT2D eigenvalue weighted by molar-refractivity contribution is 0.145. The van der Waals surface area contributed by atoms with Gasteiger partial charge < -0.3 is 5.32 Å². The van der Waals surface area contributed by atoms with E-state index >= 15 is 0 Å². The largest absolute Gasteiger partial charge is 0.314 e. The quantitative estimate of drug-likeness (QED) is 0.800. The zero-order chi connectivity index (χ0) is 10.7. The monoisotopic (exact) mass is 205 g/mol. The highest BCUT2D eigenvalue weighted by molar-refractivity contribution is 5.21. The summed E-state index contributed by atoms with van der Waals surface area (Å²) in [6.07, 6.45) is 3.85. The van der Waals surface area contributed by atoms with Crippen LogP contribution in [0.1, 0.15) is 18.1 Å². The minimum absolute atomic E-state index is 0.717. The first kappa shape index (κ1) is 10.6. The van der Waals surface area contributed by atoms with Gasteiger partial charge in [-0.3, -0.25) is 9.88 Å². The van der Waals surface area contributed by atoms with Gasteiger partial charge in [-0.2, -0.15) is 0 Å². The van der Waals surface area contributed by atoms with Crippen LogP contribution in [0.5, 0.6) is 0 Å². The molecule has 2 rings (SSSR count). The molecular formula is C12H19N3. The Labute approximate surface area is 91.5 Å². The summed E-state index contributed by atoms with van der Waals surface area (Å²) in [6, 6.07) is 2.80. The topological polar surface area (TPSA) is 28.2 Å². The predicted molar refractivity (Wildman–Crippen MR) is 61.7 cm³/mol. The van der Waals surface area contributed by atoms with E-state index in [1.807, 2.05) is 12.4 Å². The molecule has 1 aliphatic heterocycles. The average Bonchev–Trinajstić information content (AvgIpc) is 2.17. The maximum atomic E-state index is 4.19. The molecule has 1 fully saturated rings. The van der Waals surface area contributed by atoms with Crippen LogP contribution in [0.4, 0.5) is 0 Å². The highest BCUT2D eigenvalue weighted by atomic mass is 15.2. The molecule has 0 spiro atoms. The van der Waals surface area contributed by atoms with E-state index in [0.29, 0.717) is 0 Å². The molecule has 0 saturated carbocycles. The van der Waals surface area contributed by atoms with Gasteiger partial charge in [0.1, 0.15) is 0 Å². The van der Waals surface area contributed by atoms with Gasteiger partial charge >= 0.3 is 0 Å². The van der Waals surface area contributed by atoms with Crippen molar-refractivity contribution in [1.29, 1.82) is 0 Å². The molecule has 0 aliphatic carbocycles. The molecule has 1 aromatic heterocycles. The fraction of sp³-hybridized carbons (Fsp3) is 0.583. The van der Waals surface area contributed by atoms with Crippen molar-refractivity contribution in [2.75, 3.05) is 19.6 Å². The summed E-state index contributed by atoms with van der Waals surface area (Å²) in [6.45, 7) is 8.79. The number of hydrogen-bond acceptors (Lipinski definition) is 3. The van der Waals surface area contributed by atoms with E-state index < -0.39 is 0 Å². The number of aromatic nitrogens is 1. The van der Waals surface area contributed by atoms with Crippen molar-refractivity contribution in [2.45, 2.75) is 26.4 Å². The molecule has 1 aliphatic rings. The molecule has 0 amide bonds. The first-order valence-electron chi connectivity index (χ1n) is 5.65. The van der Waals surface area contributed by atoms with E-state index in [9.17, 15) is 0 Å². The van der Waals surface area contributed by atoms with Crippen molar-refractivity contribution in [3.05, 3.63) is 29.6 Å². The van der Waals surface area contributed by atoms with Gasteiger partial charge in [0.15, 0.2) is 0 Å². The number of nitrogens with one attached hydrogen (secondary N) is 1. The van der Waals surface area contributed by atoms with Crippen molar-refractivity contribution in [1.82, 2.24) is 15.2 Å². The summed E-state index contributed by atoms with van der Waals surface area (Å²) in [5.74, 6) is 0. The van der Waals surface area contributed by atoms with Gasteiger partial charge in [0.05, 0.1) is 0 Å². The molecule has 0 unspecified atom stereocenters. The van der Waals surface area contributed by atoms with E-state index in [4.69, 9.17) is 0 Å². The van der Waals surface area contributed by atoms with Crippen molar-refractivity contribution < 1.29 is 0 Å². The van der Waals surface area contributed by atoms with E-state index in [1.54, 1.807) is 0 Å². The van der Waals surface area contributed by atoms with Crippen LogP contribution in [0, 0.1) is 6.92 Å². The van der Waals surface area contributed by atoms with Crippen molar-refractivity contribution >= 4 is 0 Å². The molecular weight excluding hydrogens is 186 g/mol. The number of aryl methyl sites for hydroxylation is 1. The molecule has 0 radical (unpaired) electrons. The minimum atomic E-state index is 0.717. The summed E-state index contributed by atoms with van der Waals surface area (Å²) < 4.78 is 0. The molecule has 3 heteroatoms. The van der Waals surface area contributed by atoms with Gasteiger partial charge in [0, 0.05) is 38.1 Å². The van der Waals surface area contributed by atoms with Crippen LogP contribution in [0.3, 0.4) is 0 Å². The first-order chi connectivity index (χ1) is 7.31. The van der Waals surface area contributed by atoms with Crippen molar-refractivity contribution in [2.24, 2.45) is 0 Å². The third kappa shape index (κ3) is 2.36. The van der Waals surface area contributed by atoms with Gasteiger partial charge in [-0.1, -0.05) is 6.92 Å². The second kappa shape index (κ2) is 4.73. The lowest BCUT2D eigenvalue weighted by Gasteiger charge is -2.37. The van der Waals surface area contributed by atoms with Crippen LogP contribution in [-0.2, 0) is 6.54 Å². The Bertz CT molecular complexity index is 320. The fourth-order valence-corrected chi connectivity index (χ4v) is 1.91. The zero-order valence-corrected chi connectivity index (χ0v) is 9.53. The second-order valence-electron chi connectivity index (χ2n) is 4.18. The van der Waals surface area contributed by atoms with Crippen LogP contribution < -0.4 is 5.32 Å². The smallest absolute Gasteiger partial charge is 0.0348 e. The normalized spacial score (nSPS) is 16.7. The SMILES string of the molecule is CCN(Cc1cnccc1C)C1CNC1. The summed E-state index contributed by atoms with van der Waals surface area (Å²) >= 11 is 0. The molecule has 3 nitrogen and oxygen atoms in total. The Morgan fingerprint density at radius 1 is 1.53 bits per heavy atom. The van der Waals surface area contributed by atoms with Crippen molar-refractivity contribution in [3.63, 3.8) is 0 Å². The average molecular weight is 205 g/mol. The first-order valence-corrected chi connectivity index (χ1v) is 5.65. The summed E-state index contributed by atoms with van der Waals surface area (Å²) in [4.78, 5) is 6.71. The van der Waals surface area contributed by atoms with Crippen LogP contribution >= 0.6 is 0 Å². The zero-order valence-electron chi connectivity index (χ0n) is 9.53. The number of rotatable bonds is 4. The lowest BCUT2D eigenvalue weighted by Crippen LogP contribution is -2.56. The summed E-state index contributed by atoms with van der Waals surface area (Å²) in [5, 5.41) is 3.32.